The standard InChI is InChI=1S/C29H33F2N3O5/c1-18-7-3-4-8-22(18)33-25(21-13-14-23-26(24(21)30)38-17-32-23)27(35)29(31,34-15-5-6-16-34)39-20-11-9-19(10-12-20)28(36)37-2/h3-4,7-8,13-14,17,19-20,25,33H,5-6,9-12,15-16H2,1-2H3. The monoisotopic (exact) mass is 541 g/mol. The van der Waals surface area contributed by atoms with Gasteiger partial charge >= 0.3 is 11.9 Å². The molecule has 2 unspecified atom stereocenters. The summed E-state index contributed by atoms with van der Waals surface area (Å²) >= 11 is 0. The third kappa shape index (κ3) is 5.40. The number of likely N-dealkylation sites (tertiary alicyclic amines) is 1. The van der Waals surface area contributed by atoms with E-state index in [1.807, 2.05) is 19.1 Å². The number of halogens is 2. The summed E-state index contributed by atoms with van der Waals surface area (Å²) in [7, 11) is 1.35. The van der Waals surface area contributed by atoms with Crippen LogP contribution >= 0.6 is 0 Å². The van der Waals surface area contributed by atoms with Crippen LogP contribution in [0.3, 0.4) is 0 Å². The highest BCUT2D eigenvalue weighted by atomic mass is 19.2. The molecule has 0 bridgehead atoms. The highest BCUT2D eigenvalue weighted by Crippen LogP contribution is 2.39. The fraction of sp³-hybridized carbons (Fsp3) is 0.483. The molecule has 3 aromatic rings. The number of methoxy groups -OCH3 is 1. The predicted octanol–water partition coefficient (Wildman–Crippen LogP) is 5.47. The minimum Gasteiger partial charge on any atom is -0.469 e. The molecule has 8 nitrogen and oxygen atoms in total. The molecule has 5 rings (SSSR count). The molecule has 39 heavy (non-hydrogen) atoms. The number of benzene rings is 2. The Hall–Kier alpha value is -3.37. The number of rotatable bonds is 9. The van der Waals surface area contributed by atoms with Gasteiger partial charge in [-0.25, -0.2) is 14.3 Å². The van der Waals surface area contributed by atoms with E-state index in [0.29, 0.717) is 62.8 Å². The number of hydrogen-bond donors (Lipinski definition) is 1. The first kappa shape index (κ1) is 27.2. The zero-order valence-corrected chi connectivity index (χ0v) is 22.1. The summed E-state index contributed by atoms with van der Waals surface area (Å²) in [5.41, 5.74) is 1.50. The number of Topliss-reactive ketones (excluding diaryl/α,β-unsaturated/α-hetero) is 1. The van der Waals surface area contributed by atoms with E-state index >= 15 is 8.78 Å². The van der Waals surface area contributed by atoms with E-state index in [0.717, 1.165) is 12.0 Å². The summed E-state index contributed by atoms with van der Waals surface area (Å²) in [4.78, 5) is 31.7. The van der Waals surface area contributed by atoms with E-state index in [1.54, 1.807) is 18.2 Å². The third-order valence-corrected chi connectivity index (χ3v) is 7.83. The molecule has 1 aliphatic heterocycles. The number of carbonyl (C=O) groups excluding carboxylic acids is 2. The fourth-order valence-corrected chi connectivity index (χ4v) is 5.58. The second kappa shape index (κ2) is 11.4. The number of anilines is 1. The van der Waals surface area contributed by atoms with Crippen molar-refractivity contribution in [1.82, 2.24) is 9.88 Å². The normalized spacial score (nSPS) is 22.4. The van der Waals surface area contributed by atoms with E-state index in [9.17, 15) is 9.59 Å². The van der Waals surface area contributed by atoms with Crippen LogP contribution in [0.1, 0.15) is 55.7 Å². The Morgan fingerprint density at radius 3 is 2.54 bits per heavy atom. The summed E-state index contributed by atoms with van der Waals surface area (Å²) in [6, 6.07) is 8.78. The van der Waals surface area contributed by atoms with Crippen LogP contribution in [0.2, 0.25) is 0 Å². The lowest BCUT2D eigenvalue weighted by molar-refractivity contribution is -0.253. The first-order valence-corrected chi connectivity index (χ1v) is 13.4. The van der Waals surface area contributed by atoms with E-state index in [1.165, 1.54) is 18.1 Å². The number of para-hydroxylation sites is 1. The van der Waals surface area contributed by atoms with Crippen molar-refractivity contribution in [2.45, 2.75) is 63.6 Å². The number of fused-ring (bicyclic) bond motifs is 1. The number of aryl methyl sites for hydroxylation is 1. The lowest BCUT2D eigenvalue weighted by atomic mass is 9.87. The van der Waals surface area contributed by atoms with E-state index in [4.69, 9.17) is 13.9 Å². The zero-order valence-electron chi connectivity index (χ0n) is 22.1. The van der Waals surface area contributed by atoms with Crippen molar-refractivity contribution in [2.75, 3.05) is 25.5 Å². The number of carbonyl (C=O) groups is 2. The van der Waals surface area contributed by atoms with E-state index in [-0.39, 0.29) is 23.0 Å². The topological polar surface area (TPSA) is 93.9 Å². The van der Waals surface area contributed by atoms with Crippen LogP contribution in [0.4, 0.5) is 14.5 Å². The van der Waals surface area contributed by atoms with Gasteiger partial charge < -0.3 is 19.2 Å². The number of ether oxygens (including phenoxy) is 2. The maximum absolute atomic E-state index is 17.2. The van der Waals surface area contributed by atoms with Gasteiger partial charge in [0.15, 0.2) is 17.8 Å². The number of oxazole rings is 1. The minimum atomic E-state index is -2.80. The second-order valence-corrected chi connectivity index (χ2v) is 10.3. The molecule has 1 aromatic heterocycles. The van der Waals surface area contributed by atoms with Crippen molar-refractivity contribution in [3.05, 3.63) is 59.7 Å². The SMILES string of the molecule is COC(=O)C1CCC(OC(F)(C(=O)C(Nc2ccccc2C)c2ccc3ncoc3c2F)N2CCCC2)CC1. The highest BCUT2D eigenvalue weighted by molar-refractivity contribution is 5.94. The van der Waals surface area contributed by atoms with Crippen molar-refractivity contribution in [1.29, 1.82) is 0 Å². The largest absolute Gasteiger partial charge is 0.469 e. The summed E-state index contributed by atoms with van der Waals surface area (Å²) in [6.07, 6.45) is 3.73. The second-order valence-electron chi connectivity index (χ2n) is 10.3. The van der Waals surface area contributed by atoms with Crippen LogP contribution in [0.15, 0.2) is 47.2 Å². The molecule has 2 aromatic carbocycles. The zero-order chi connectivity index (χ0) is 27.6. The summed E-state index contributed by atoms with van der Waals surface area (Å²) in [6.45, 7) is 2.51. The lowest BCUT2D eigenvalue weighted by Gasteiger charge is -2.39. The molecule has 0 amide bonds. The van der Waals surface area contributed by atoms with Gasteiger partial charge in [0.25, 0.3) is 0 Å². The molecule has 2 fully saturated rings. The Bertz CT molecular complexity index is 1330. The van der Waals surface area contributed by atoms with E-state index < -0.39 is 29.7 Å². The quantitative estimate of drug-likeness (QED) is 0.282. The molecule has 10 heteroatoms. The molecule has 0 radical (unpaired) electrons. The van der Waals surface area contributed by atoms with Crippen LogP contribution < -0.4 is 5.32 Å². The van der Waals surface area contributed by atoms with Gasteiger partial charge in [0.2, 0.25) is 5.78 Å². The Morgan fingerprint density at radius 1 is 1.13 bits per heavy atom. The first-order chi connectivity index (χ1) is 18.8. The van der Waals surface area contributed by atoms with Crippen molar-refractivity contribution >= 4 is 28.5 Å². The van der Waals surface area contributed by atoms with Gasteiger partial charge in [0, 0.05) is 24.3 Å². The smallest absolute Gasteiger partial charge is 0.332 e. The maximum Gasteiger partial charge on any atom is 0.332 e. The van der Waals surface area contributed by atoms with Crippen LogP contribution in [-0.4, -0.2) is 53.9 Å². The van der Waals surface area contributed by atoms with Crippen LogP contribution in [-0.2, 0) is 19.1 Å². The van der Waals surface area contributed by atoms with Gasteiger partial charge in [-0.15, -0.1) is 0 Å². The first-order valence-electron chi connectivity index (χ1n) is 13.4. The van der Waals surface area contributed by atoms with Gasteiger partial charge in [-0.05, 0) is 63.1 Å². The Morgan fingerprint density at radius 2 is 1.85 bits per heavy atom. The molecule has 1 aliphatic carbocycles. The molecule has 1 N–H and O–H groups in total. The Labute approximate surface area is 225 Å². The molecule has 2 aliphatic rings. The summed E-state index contributed by atoms with van der Waals surface area (Å²) in [5.74, 6) is -5.10. The Kier molecular flexibility index (Phi) is 7.95. The van der Waals surface area contributed by atoms with Crippen molar-refractivity contribution in [2.24, 2.45) is 5.92 Å². The van der Waals surface area contributed by atoms with E-state index in [2.05, 4.69) is 10.3 Å². The average molecular weight is 542 g/mol. The number of nitrogens with zero attached hydrogens (tertiary/aromatic N) is 2. The van der Waals surface area contributed by atoms with Crippen molar-refractivity contribution in [3.8, 4) is 0 Å². The van der Waals surface area contributed by atoms with Gasteiger partial charge in [-0.3, -0.25) is 9.59 Å². The minimum absolute atomic E-state index is 0.0632. The number of nitrogens with one attached hydrogen (secondary N) is 1. The van der Waals surface area contributed by atoms with Gasteiger partial charge in [-0.2, -0.15) is 4.39 Å². The number of esters is 1. The molecule has 2 heterocycles. The molecular weight excluding hydrogens is 508 g/mol. The molecular formula is C29H33F2N3O5. The predicted molar refractivity (Wildman–Crippen MR) is 140 cm³/mol. The fourth-order valence-electron chi connectivity index (χ4n) is 5.58. The summed E-state index contributed by atoms with van der Waals surface area (Å²) < 4.78 is 49.1. The van der Waals surface area contributed by atoms with Gasteiger partial charge in [-0.1, -0.05) is 24.3 Å². The van der Waals surface area contributed by atoms with Crippen molar-refractivity contribution < 1.29 is 32.3 Å². The van der Waals surface area contributed by atoms with Crippen LogP contribution in [0.5, 0.6) is 0 Å². The number of ketones is 1. The third-order valence-electron chi connectivity index (χ3n) is 7.83. The van der Waals surface area contributed by atoms with Crippen LogP contribution in [0, 0.1) is 18.7 Å². The number of aromatic nitrogens is 1. The lowest BCUT2D eigenvalue weighted by Crippen LogP contribution is -2.56. The number of hydrogen-bond acceptors (Lipinski definition) is 8. The molecule has 2 atom stereocenters. The summed E-state index contributed by atoms with van der Waals surface area (Å²) in [5, 5.41) is 3.10. The van der Waals surface area contributed by atoms with Crippen LogP contribution in [0.25, 0.3) is 11.1 Å². The van der Waals surface area contributed by atoms with Gasteiger partial charge in [0.1, 0.15) is 11.6 Å². The number of alkyl halides is 1. The average Bonchev–Trinajstić information content (AvgIpc) is 3.66. The van der Waals surface area contributed by atoms with Gasteiger partial charge in [0.05, 0.1) is 19.1 Å². The Balaban J connectivity index is 1.50. The highest BCUT2D eigenvalue weighted by Gasteiger charge is 2.52. The molecule has 208 valence electrons. The van der Waals surface area contributed by atoms with Crippen molar-refractivity contribution in [3.63, 3.8) is 0 Å². The molecule has 0 spiro atoms. The molecule has 1 saturated carbocycles. The maximum atomic E-state index is 17.2. The molecule has 1 saturated heterocycles.